The summed E-state index contributed by atoms with van der Waals surface area (Å²) in [7, 11) is 0. The van der Waals surface area contributed by atoms with Gasteiger partial charge in [-0.05, 0) is 0 Å². The number of carbonyl (C=O) groups is 1. The van der Waals surface area contributed by atoms with Gasteiger partial charge in [0.25, 0.3) is 0 Å². The summed E-state index contributed by atoms with van der Waals surface area (Å²) in [6.45, 7) is 3.10. The van der Waals surface area contributed by atoms with Gasteiger partial charge in [0.1, 0.15) is 0 Å². The maximum atomic E-state index is 11.5. The van der Waals surface area contributed by atoms with Crippen molar-refractivity contribution in [2.75, 3.05) is 26.2 Å². The molecule has 0 aromatic carbocycles. The molecule has 2 rings (SSSR count). The van der Waals surface area contributed by atoms with Crippen LogP contribution in [0.4, 0.5) is 0 Å². The largest absolute Gasteiger partial charge is 0.365 e. The summed E-state index contributed by atoms with van der Waals surface area (Å²) < 4.78 is 0. The highest BCUT2D eigenvalue weighted by molar-refractivity contribution is 6.43. The van der Waals surface area contributed by atoms with Gasteiger partial charge < -0.3 is 5.32 Å². The van der Waals surface area contributed by atoms with E-state index in [1.165, 1.54) is 0 Å². The van der Waals surface area contributed by atoms with Crippen LogP contribution in [-0.4, -0.2) is 37.8 Å². The molecule has 5 heteroatoms. The molecule has 0 aliphatic carbocycles. The number of aliphatic imine (C=N–C) groups is 1. The summed E-state index contributed by atoms with van der Waals surface area (Å²) in [5.41, 5.74) is 0. The molecule has 12 heavy (non-hydrogen) atoms. The van der Waals surface area contributed by atoms with Gasteiger partial charge in [0.15, 0.2) is 12.0 Å². The Morgan fingerprint density at radius 1 is 1.17 bits per heavy atom. The maximum Gasteiger partial charge on any atom is 0.235 e. The van der Waals surface area contributed by atoms with Gasteiger partial charge in [-0.15, -0.1) is 0 Å². The predicted octanol–water partition coefficient (Wildman–Crippen LogP) is -1.76. The Labute approximate surface area is 70.6 Å². The Balaban J connectivity index is 1.98. The number of nitrogens with zero attached hydrogens (tertiary/aromatic N) is 1. The Hall–Kier alpha value is -0.940. The second-order valence-corrected chi connectivity index (χ2v) is 2.71. The molecule has 0 aromatic rings. The van der Waals surface area contributed by atoms with Crippen LogP contribution in [-0.2, 0) is 4.79 Å². The standard InChI is InChI=1S/C7H11N4O/c12-5(6-8-1-2-9-6)7-10-3-4-11-7/h8-9H,1-4H2,(H,10,11). The van der Waals surface area contributed by atoms with Crippen LogP contribution in [0.1, 0.15) is 0 Å². The van der Waals surface area contributed by atoms with Crippen molar-refractivity contribution in [3.8, 4) is 0 Å². The van der Waals surface area contributed by atoms with Crippen LogP contribution in [0.3, 0.4) is 0 Å². The summed E-state index contributed by atoms with van der Waals surface area (Å²) in [5, 5.41) is 8.87. The molecule has 0 spiro atoms. The van der Waals surface area contributed by atoms with Gasteiger partial charge in [0.2, 0.25) is 5.78 Å². The second kappa shape index (κ2) is 3.20. The van der Waals surface area contributed by atoms with Crippen molar-refractivity contribution in [2.24, 2.45) is 4.99 Å². The van der Waals surface area contributed by atoms with Crippen LogP contribution in [0.5, 0.6) is 0 Å². The normalized spacial score (nSPS) is 23.8. The zero-order valence-electron chi connectivity index (χ0n) is 6.68. The number of Topliss-reactive ketones (excluding diaryl/α,β-unsaturated/α-hetero) is 1. The number of amidine groups is 1. The minimum Gasteiger partial charge on any atom is -0.365 e. The molecular weight excluding hydrogens is 156 g/mol. The Kier molecular flexibility index (Phi) is 2.05. The molecule has 2 heterocycles. The zero-order chi connectivity index (χ0) is 8.39. The minimum absolute atomic E-state index is 0.0509. The van der Waals surface area contributed by atoms with Crippen molar-refractivity contribution in [3.05, 3.63) is 6.17 Å². The van der Waals surface area contributed by atoms with Crippen molar-refractivity contribution in [1.82, 2.24) is 16.0 Å². The fourth-order valence-electron chi connectivity index (χ4n) is 1.27. The van der Waals surface area contributed by atoms with Crippen LogP contribution in [0.15, 0.2) is 4.99 Å². The fraction of sp³-hybridized carbons (Fsp3) is 0.571. The second-order valence-electron chi connectivity index (χ2n) is 2.71. The summed E-state index contributed by atoms with van der Waals surface area (Å²) in [4.78, 5) is 15.5. The van der Waals surface area contributed by atoms with Crippen molar-refractivity contribution in [1.29, 1.82) is 0 Å². The summed E-state index contributed by atoms with van der Waals surface area (Å²) in [6, 6.07) is 0. The van der Waals surface area contributed by atoms with E-state index in [0.29, 0.717) is 18.5 Å². The van der Waals surface area contributed by atoms with Crippen molar-refractivity contribution < 1.29 is 4.79 Å². The molecule has 1 fully saturated rings. The Bertz CT molecular complexity index is 219. The van der Waals surface area contributed by atoms with E-state index in [4.69, 9.17) is 0 Å². The van der Waals surface area contributed by atoms with E-state index in [0.717, 1.165) is 19.6 Å². The molecule has 2 aliphatic heterocycles. The monoisotopic (exact) mass is 167 g/mol. The van der Waals surface area contributed by atoms with E-state index >= 15 is 0 Å². The highest BCUT2D eigenvalue weighted by Gasteiger charge is 2.28. The van der Waals surface area contributed by atoms with Gasteiger partial charge in [-0.25, -0.2) is 0 Å². The Morgan fingerprint density at radius 2 is 1.92 bits per heavy atom. The molecule has 0 amide bonds. The number of rotatable bonds is 2. The molecule has 0 aromatic heterocycles. The molecule has 3 N–H and O–H groups in total. The minimum atomic E-state index is -0.0509. The van der Waals surface area contributed by atoms with Crippen molar-refractivity contribution >= 4 is 11.6 Å². The molecule has 5 nitrogen and oxygen atoms in total. The number of carbonyl (C=O) groups excluding carboxylic acids is 1. The zero-order valence-corrected chi connectivity index (χ0v) is 6.68. The smallest absolute Gasteiger partial charge is 0.235 e. The third-order valence-corrected chi connectivity index (χ3v) is 1.84. The van der Waals surface area contributed by atoms with Crippen LogP contribution >= 0.6 is 0 Å². The summed E-state index contributed by atoms with van der Waals surface area (Å²) in [6.07, 6.45) is 0.572. The molecular formula is C7H11N4O. The fourth-order valence-corrected chi connectivity index (χ4v) is 1.27. The first-order valence-corrected chi connectivity index (χ1v) is 4.05. The van der Waals surface area contributed by atoms with Crippen LogP contribution in [0.2, 0.25) is 0 Å². The Morgan fingerprint density at radius 3 is 2.50 bits per heavy atom. The first-order valence-electron chi connectivity index (χ1n) is 4.05. The van der Waals surface area contributed by atoms with E-state index in [2.05, 4.69) is 20.9 Å². The SMILES string of the molecule is O=C([C]1NCCN1)C1=NCCN1. The first kappa shape index (κ1) is 7.70. The van der Waals surface area contributed by atoms with Crippen molar-refractivity contribution in [3.63, 3.8) is 0 Å². The highest BCUT2D eigenvalue weighted by atomic mass is 16.1. The van der Waals surface area contributed by atoms with Gasteiger partial charge in [-0.1, -0.05) is 0 Å². The van der Waals surface area contributed by atoms with E-state index < -0.39 is 0 Å². The molecule has 2 aliphatic rings. The third-order valence-electron chi connectivity index (χ3n) is 1.84. The van der Waals surface area contributed by atoms with Gasteiger partial charge >= 0.3 is 0 Å². The molecule has 65 valence electrons. The molecule has 0 bridgehead atoms. The van der Waals surface area contributed by atoms with E-state index in [9.17, 15) is 4.79 Å². The average Bonchev–Trinajstić information content (AvgIpc) is 2.77. The maximum absolute atomic E-state index is 11.5. The van der Waals surface area contributed by atoms with Gasteiger partial charge in [-0.3, -0.25) is 20.4 Å². The summed E-state index contributed by atoms with van der Waals surface area (Å²) >= 11 is 0. The van der Waals surface area contributed by atoms with Gasteiger partial charge in [0, 0.05) is 19.6 Å². The third kappa shape index (κ3) is 1.33. The number of hydrogen-bond donors (Lipinski definition) is 3. The van der Waals surface area contributed by atoms with E-state index in [-0.39, 0.29) is 5.78 Å². The van der Waals surface area contributed by atoms with Crippen LogP contribution < -0.4 is 16.0 Å². The lowest BCUT2D eigenvalue weighted by atomic mass is 10.3. The predicted molar refractivity (Wildman–Crippen MR) is 44.6 cm³/mol. The lowest BCUT2D eigenvalue weighted by Crippen LogP contribution is -2.39. The topological polar surface area (TPSA) is 65.5 Å². The lowest BCUT2D eigenvalue weighted by molar-refractivity contribution is -0.112. The van der Waals surface area contributed by atoms with Gasteiger partial charge in [0.05, 0.1) is 6.54 Å². The van der Waals surface area contributed by atoms with E-state index in [1.54, 1.807) is 0 Å². The highest BCUT2D eigenvalue weighted by Crippen LogP contribution is 1.99. The molecule has 1 saturated heterocycles. The molecule has 0 unspecified atom stereocenters. The average molecular weight is 167 g/mol. The van der Waals surface area contributed by atoms with E-state index in [1.807, 2.05) is 0 Å². The van der Waals surface area contributed by atoms with Crippen LogP contribution in [0, 0.1) is 6.17 Å². The number of nitrogens with one attached hydrogen (secondary N) is 3. The molecule has 0 saturated carbocycles. The van der Waals surface area contributed by atoms with Crippen molar-refractivity contribution in [2.45, 2.75) is 0 Å². The quantitative estimate of drug-likeness (QED) is 0.456. The lowest BCUT2D eigenvalue weighted by Gasteiger charge is -2.07. The first-order chi connectivity index (χ1) is 5.88. The van der Waals surface area contributed by atoms with Crippen LogP contribution in [0.25, 0.3) is 0 Å². The number of hydrogen-bond acceptors (Lipinski definition) is 5. The van der Waals surface area contributed by atoms with Gasteiger partial charge in [-0.2, -0.15) is 0 Å². The molecule has 0 atom stereocenters. The summed E-state index contributed by atoms with van der Waals surface area (Å²) in [5.74, 6) is 0.428. The number of ketones is 1. The molecule has 1 radical (unpaired) electrons.